The van der Waals surface area contributed by atoms with Crippen LogP contribution in [0.4, 0.5) is 4.79 Å². The van der Waals surface area contributed by atoms with Gasteiger partial charge in [-0.2, -0.15) is 11.8 Å². The Labute approximate surface area is 123 Å². The van der Waals surface area contributed by atoms with Crippen molar-refractivity contribution in [1.82, 2.24) is 10.2 Å². The average Bonchev–Trinajstić information content (AvgIpc) is 2.37. The van der Waals surface area contributed by atoms with Gasteiger partial charge in [0.15, 0.2) is 0 Å². The van der Waals surface area contributed by atoms with Crippen molar-refractivity contribution in [3.63, 3.8) is 0 Å². The summed E-state index contributed by atoms with van der Waals surface area (Å²) in [6.45, 7) is 7.50. The van der Waals surface area contributed by atoms with Gasteiger partial charge in [-0.3, -0.25) is 4.79 Å². The van der Waals surface area contributed by atoms with Crippen LogP contribution in [0, 0.1) is 0 Å². The minimum absolute atomic E-state index is 0.00736. The summed E-state index contributed by atoms with van der Waals surface area (Å²) >= 11 is 1.68. The van der Waals surface area contributed by atoms with Crippen LogP contribution < -0.4 is 5.32 Å². The molecule has 114 valence electrons. The van der Waals surface area contributed by atoms with Gasteiger partial charge >= 0.3 is 12.0 Å². The summed E-state index contributed by atoms with van der Waals surface area (Å²) in [6, 6.07) is -0.446. The third-order valence-corrected chi connectivity index (χ3v) is 3.86. The number of carbonyl (C=O) groups excluding carboxylic acids is 1. The third-order valence-electron chi connectivity index (χ3n) is 2.77. The number of amides is 2. The maximum atomic E-state index is 12.0. The SMILES string of the molecule is C=C(C)COCCNC(=O)N1CCSCC1CC(=O)O. The lowest BCUT2D eigenvalue weighted by Gasteiger charge is -2.34. The number of nitrogens with zero attached hydrogens (tertiary/aromatic N) is 1. The summed E-state index contributed by atoms with van der Waals surface area (Å²) < 4.78 is 5.29. The fourth-order valence-corrected chi connectivity index (χ4v) is 2.93. The van der Waals surface area contributed by atoms with Gasteiger partial charge in [-0.1, -0.05) is 12.2 Å². The van der Waals surface area contributed by atoms with Crippen molar-refractivity contribution in [1.29, 1.82) is 0 Å². The van der Waals surface area contributed by atoms with E-state index in [9.17, 15) is 9.59 Å². The normalized spacial score (nSPS) is 18.6. The van der Waals surface area contributed by atoms with E-state index in [1.165, 1.54) is 0 Å². The molecule has 7 heteroatoms. The molecule has 0 aromatic carbocycles. The second-order valence-corrected chi connectivity index (χ2v) is 5.91. The van der Waals surface area contributed by atoms with E-state index in [-0.39, 0.29) is 18.5 Å². The van der Waals surface area contributed by atoms with Crippen LogP contribution in [0.15, 0.2) is 12.2 Å². The number of hydrogen-bond donors (Lipinski definition) is 2. The summed E-state index contributed by atoms with van der Waals surface area (Å²) in [6.07, 6.45) is -0.00736. The number of nitrogens with one attached hydrogen (secondary N) is 1. The van der Waals surface area contributed by atoms with Gasteiger partial charge in [0.1, 0.15) is 0 Å². The van der Waals surface area contributed by atoms with E-state index in [1.54, 1.807) is 16.7 Å². The molecule has 1 aliphatic rings. The number of carboxylic acids is 1. The van der Waals surface area contributed by atoms with Gasteiger partial charge in [-0.25, -0.2) is 4.79 Å². The Balaban J connectivity index is 2.31. The van der Waals surface area contributed by atoms with Crippen LogP contribution in [0.25, 0.3) is 0 Å². The summed E-state index contributed by atoms with van der Waals surface area (Å²) in [5.74, 6) is 0.641. The zero-order valence-corrected chi connectivity index (χ0v) is 12.6. The highest BCUT2D eigenvalue weighted by atomic mass is 32.2. The summed E-state index contributed by atoms with van der Waals surface area (Å²) in [5, 5.41) is 11.6. The zero-order chi connectivity index (χ0) is 15.0. The zero-order valence-electron chi connectivity index (χ0n) is 11.8. The molecule has 1 saturated heterocycles. The van der Waals surface area contributed by atoms with Crippen molar-refractivity contribution < 1.29 is 19.4 Å². The molecule has 0 spiro atoms. The summed E-state index contributed by atoms with van der Waals surface area (Å²) in [4.78, 5) is 24.4. The van der Waals surface area contributed by atoms with Gasteiger partial charge in [-0.15, -0.1) is 0 Å². The van der Waals surface area contributed by atoms with Crippen molar-refractivity contribution >= 4 is 23.8 Å². The Morgan fingerprint density at radius 3 is 2.95 bits per heavy atom. The lowest BCUT2D eigenvalue weighted by atomic mass is 10.2. The molecule has 1 unspecified atom stereocenters. The van der Waals surface area contributed by atoms with E-state index < -0.39 is 5.97 Å². The fourth-order valence-electron chi connectivity index (χ4n) is 1.87. The predicted octanol–water partition coefficient (Wildman–Crippen LogP) is 1.18. The van der Waals surface area contributed by atoms with Crippen LogP contribution in [0.5, 0.6) is 0 Å². The maximum Gasteiger partial charge on any atom is 0.317 e. The molecule has 0 saturated carbocycles. The van der Waals surface area contributed by atoms with Crippen molar-refractivity contribution in [3.05, 3.63) is 12.2 Å². The molecule has 1 heterocycles. The minimum atomic E-state index is -0.875. The lowest BCUT2D eigenvalue weighted by molar-refractivity contribution is -0.138. The van der Waals surface area contributed by atoms with Crippen molar-refractivity contribution in [2.75, 3.05) is 37.8 Å². The van der Waals surface area contributed by atoms with E-state index in [0.717, 1.165) is 11.3 Å². The molecular formula is C13H22N2O4S. The standard InChI is InChI=1S/C13H22N2O4S/c1-10(2)8-19-5-3-14-13(18)15-4-6-20-9-11(15)7-12(16)17/h11H,1,3-9H2,2H3,(H,14,18)(H,16,17). The predicted molar refractivity (Wildman–Crippen MR) is 79.1 cm³/mol. The Morgan fingerprint density at radius 1 is 1.55 bits per heavy atom. The Morgan fingerprint density at radius 2 is 2.30 bits per heavy atom. The van der Waals surface area contributed by atoms with Gasteiger partial charge in [0.2, 0.25) is 0 Å². The van der Waals surface area contributed by atoms with Crippen LogP contribution in [0.1, 0.15) is 13.3 Å². The highest BCUT2D eigenvalue weighted by molar-refractivity contribution is 7.99. The molecule has 2 amide bonds. The Kier molecular flexibility index (Phi) is 7.46. The van der Waals surface area contributed by atoms with Gasteiger partial charge in [0.05, 0.1) is 25.7 Å². The van der Waals surface area contributed by atoms with Gasteiger partial charge in [0.25, 0.3) is 0 Å². The molecular weight excluding hydrogens is 280 g/mol. The first kappa shape index (κ1) is 16.8. The number of hydrogen-bond acceptors (Lipinski definition) is 4. The molecule has 1 atom stereocenters. The van der Waals surface area contributed by atoms with Crippen LogP contribution in [0.2, 0.25) is 0 Å². The van der Waals surface area contributed by atoms with Gasteiger partial charge in [-0.05, 0) is 6.92 Å². The highest BCUT2D eigenvalue weighted by Crippen LogP contribution is 2.18. The first-order chi connectivity index (χ1) is 9.50. The Bertz CT molecular complexity index is 362. The van der Waals surface area contributed by atoms with E-state index in [0.29, 0.717) is 32.1 Å². The van der Waals surface area contributed by atoms with Gasteiger partial charge in [0, 0.05) is 24.6 Å². The summed E-state index contributed by atoms with van der Waals surface area (Å²) in [7, 11) is 0. The van der Waals surface area contributed by atoms with E-state index in [2.05, 4.69) is 11.9 Å². The molecule has 1 fully saturated rings. The number of ether oxygens (including phenoxy) is 1. The molecule has 1 aliphatic heterocycles. The maximum absolute atomic E-state index is 12.0. The number of urea groups is 1. The number of carbonyl (C=O) groups is 2. The lowest BCUT2D eigenvalue weighted by Crippen LogP contribution is -2.51. The van der Waals surface area contributed by atoms with Crippen molar-refractivity contribution in [3.8, 4) is 0 Å². The van der Waals surface area contributed by atoms with Crippen LogP contribution in [-0.4, -0.2) is 65.9 Å². The quantitative estimate of drug-likeness (QED) is 0.545. The third kappa shape index (κ3) is 6.29. The average molecular weight is 302 g/mol. The molecule has 20 heavy (non-hydrogen) atoms. The molecule has 0 aromatic heterocycles. The van der Waals surface area contributed by atoms with Crippen LogP contribution in [-0.2, 0) is 9.53 Å². The summed E-state index contributed by atoms with van der Waals surface area (Å²) in [5.41, 5.74) is 0.936. The van der Waals surface area contributed by atoms with E-state index in [1.807, 2.05) is 6.92 Å². The number of carboxylic acid groups (broad SMARTS) is 1. The van der Waals surface area contributed by atoms with Crippen LogP contribution >= 0.6 is 11.8 Å². The molecule has 0 aliphatic carbocycles. The first-order valence-corrected chi connectivity index (χ1v) is 7.72. The first-order valence-electron chi connectivity index (χ1n) is 6.57. The second-order valence-electron chi connectivity index (χ2n) is 4.76. The second kappa shape index (κ2) is 8.86. The molecule has 6 nitrogen and oxygen atoms in total. The topological polar surface area (TPSA) is 78.9 Å². The molecule has 0 bridgehead atoms. The minimum Gasteiger partial charge on any atom is -0.481 e. The van der Waals surface area contributed by atoms with Crippen LogP contribution in [0.3, 0.4) is 0 Å². The molecule has 0 radical (unpaired) electrons. The number of rotatable bonds is 7. The van der Waals surface area contributed by atoms with E-state index in [4.69, 9.17) is 9.84 Å². The van der Waals surface area contributed by atoms with E-state index >= 15 is 0 Å². The molecule has 1 rings (SSSR count). The van der Waals surface area contributed by atoms with Crippen molar-refractivity contribution in [2.45, 2.75) is 19.4 Å². The smallest absolute Gasteiger partial charge is 0.317 e. The molecule has 0 aromatic rings. The van der Waals surface area contributed by atoms with Crippen molar-refractivity contribution in [2.24, 2.45) is 0 Å². The van der Waals surface area contributed by atoms with Gasteiger partial charge < -0.3 is 20.1 Å². The highest BCUT2D eigenvalue weighted by Gasteiger charge is 2.28. The monoisotopic (exact) mass is 302 g/mol. The Hall–Kier alpha value is -1.21. The fraction of sp³-hybridized carbons (Fsp3) is 0.692. The molecule has 2 N–H and O–H groups in total. The largest absolute Gasteiger partial charge is 0.481 e. The number of aliphatic carboxylic acids is 1. The number of thioether (sulfide) groups is 1.